The Hall–Kier alpha value is -2.97. The van der Waals surface area contributed by atoms with Gasteiger partial charge in [0.1, 0.15) is 17.2 Å². The molecule has 162 valence electrons. The monoisotopic (exact) mass is 436 g/mol. The molecule has 0 aliphatic carbocycles. The van der Waals surface area contributed by atoms with E-state index < -0.39 is 7.60 Å². The van der Waals surface area contributed by atoms with Gasteiger partial charge < -0.3 is 13.8 Å². The van der Waals surface area contributed by atoms with Gasteiger partial charge in [-0.3, -0.25) is 0 Å². The molecule has 0 fully saturated rings. The first-order valence-corrected chi connectivity index (χ1v) is 12.1. The highest BCUT2D eigenvalue weighted by molar-refractivity contribution is 7.55. The summed E-state index contributed by atoms with van der Waals surface area (Å²) in [5.74, 6) is 2.24. The van der Waals surface area contributed by atoms with Crippen LogP contribution in [0.4, 0.5) is 0 Å². The predicted molar refractivity (Wildman–Crippen MR) is 127 cm³/mol. The summed E-state index contributed by atoms with van der Waals surface area (Å²) in [5, 5.41) is 0. The summed E-state index contributed by atoms with van der Waals surface area (Å²) in [6.07, 6.45) is 3.04. The molecule has 0 amide bonds. The first-order chi connectivity index (χ1) is 15.0. The molecule has 0 unspecified atom stereocenters. The maximum atomic E-state index is 13.9. The Balaban J connectivity index is 1.92. The van der Waals surface area contributed by atoms with Crippen molar-refractivity contribution in [1.29, 1.82) is 0 Å². The van der Waals surface area contributed by atoms with E-state index in [0.29, 0.717) is 17.4 Å². The largest absolute Gasteiger partial charge is 0.497 e. The molecule has 0 N–H and O–H groups in total. The molecule has 0 saturated heterocycles. The van der Waals surface area contributed by atoms with E-state index in [-0.39, 0.29) is 6.16 Å². The van der Waals surface area contributed by atoms with Crippen molar-refractivity contribution in [1.82, 2.24) is 0 Å². The van der Waals surface area contributed by atoms with Gasteiger partial charge in [0.05, 0.1) is 13.3 Å². The van der Waals surface area contributed by atoms with Crippen LogP contribution in [0, 0.1) is 5.92 Å². The van der Waals surface area contributed by atoms with Crippen molar-refractivity contribution in [3.63, 3.8) is 0 Å². The van der Waals surface area contributed by atoms with Crippen LogP contribution in [0.25, 0.3) is 6.08 Å². The zero-order valence-corrected chi connectivity index (χ0v) is 19.1. The third-order valence-electron chi connectivity index (χ3n) is 4.53. The van der Waals surface area contributed by atoms with Gasteiger partial charge in [0, 0.05) is 0 Å². The van der Waals surface area contributed by atoms with Crippen molar-refractivity contribution in [2.45, 2.75) is 20.3 Å². The fourth-order valence-electron chi connectivity index (χ4n) is 3.25. The lowest BCUT2D eigenvalue weighted by Crippen LogP contribution is -2.08. The number of rotatable bonds is 10. The molecule has 0 bridgehead atoms. The Morgan fingerprint density at radius 2 is 1.32 bits per heavy atom. The second-order valence-electron chi connectivity index (χ2n) is 7.75. The van der Waals surface area contributed by atoms with Crippen molar-refractivity contribution in [3.05, 3.63) is 96.1 Å². The quantitative estimate of drug-likeness (QED) is 0.309. The van der Waals surface area contributed by atoms with Crippen LogP contribution in [0.3, 0.4) is 0 Å². The summed E-state index contributed by atoms with van der Waals surface area (Å²) in [6.45, 7) is 4.28. The van der Waals surface area contributed by atoms with Crippen molar-refractivity contribution in [3.8, 4) is 17.2 Å². The number of hydrogen-bond donors (Lipinski definition) is 0. The average molecular weight is 436 g/mol. The molecular weight excluding hydrogens is 407 g/mol. The molecule has 0 aliphatic rings. The molecule has 3 aromatic rings. The van der Waals surface area contributed by atoms with Gasteiger partial charge in [0.15, 0.2) is 0 Å². The molecule has 0 saturated carbocycles. The van der Waals surface area contributed by atoms with E-state index in [4.69, 9.17) is 13.8 Å². The lowest BCUT2D eigenvalue weighted by Gasteiger charge is -2.22. The second kappa shape index (κ2) is 10.9. The van der Waals surface area contributed by atoms with Crippen molar-refractivity contribution >= 4 is 13.7 Å². The van der Waals surface area contributed by atoms with Crippen molar-refractivity contribution in [2.24, 2.45) is 5.92 Å². The lowest BCUT2D eigenvalue weighted by molar-refractivity contribution is 0.388. The standard InChI is InChI=1S/C26H29O4P/c1-21(2)18-23(19-22-14-16-24(28-3)17-15-22)20-31(27,29-25-10-6-4-7-11-25)30-26-12-8-5-9-13-26/h4-17,19,21H,18,20H2,1-3H3/b23-19+. The van der Waals surface area contributed by atoms with Gasteiger partial charge in [-0.1, -0.05) is 74.0 Å². The number of methoxy groups -OCH3 is 1. The first kappa shape index (κ1) is 22.7. The molecule has 4 nitrogen and oxygen atoms in total. The molecule has 0 radical (unpaired) electrons. The number of ether oxygens (including phenoxy) is 1. The highest BCUT2D eigenvalue weighted by Crippen LogP contribution is 2.50. The van der Waals surface area contributed by atoms with E-state index in [1.54, 1.807) is 31.4 Å². The maximum Gasteiger partial charge on any atom is 0.434 e. The molecule has 0 heterocycles. The van der Waals surface area contributed by atoms with Crippen LogP contribution >= 0.6 is 7.60 Å². The summed E-state index contributed by atoms with van der Waals surface area (Å²) >= 11 is 0. The Morgan fingerprint density at radius 1 is 0.806 bits per heavy atom. The minimum Gasteiger partial charge on any atom is -0.497 e. The van der Waals surface area contributed by atoms with Gasteiger partial charge in [-0.25, -0.2) is 4.57 Å². The second-order valence-corrected chi connectivity index (χ2v) is 9.65. The van der Waals surface area contributed by atoms with Crippen molar-refractivity contribution in [2.75, 3.05) is 13.3 Å². The van der Waals surface area contributed by atoms with Crippen LogP contribution < -0.4 is 13.8 Å². The summed E-state index contributed by atoms with van der Waals surface area (Å²) in [5.41, 5.74) is 2.03. The van der Waals surface area contributed by atoms with Crippen molar-refractivity contribution < 1.29 is 18.3 Å². The summed E-state index contributed by atoms with van der Waals surface area (Å²) < 4.78 is 31.1. The zero-order chi connectivity index (χ0) is 22.1. The normalized spacial score (nSPS) is 11.9. The van der Waals surface area contributed by atoms with Gasteiger partial charge in [0.2, 0.25) is 0 Å². The molecule has 0 atom stereocenters. The van der Waals surface area contributed by atoms with Gasteiger partial charge in [-0.15, -0.1) is 0 Å². The number of hydrogen-bond acceptors (Lipinski definition) is 4. The smallest absolute Gasteiger partial charge is 0.434 e. The number of allylic oxidation sites excluding steroid dienone is 1. The molecule has 5 heteroatoms. The van der Waals surface area contributed by atoms with Crippen LogP contribution in [0.1, 0.15) is 25.8 Å². The minimum absolute atomic E-state index is 0.195. The van der Waals surface area contributed by atoms with Crippen LogP contribution in [0.5, 0.6) is 17.2 Å². The third-order valence-corrected chi connectivity index (χ3v) is 6.30. The zero-order valence-electron chi connectivity index (χ0n) is 18.2. The molecule has 3 aromatic carbocycles. The summed E-state index contributed by atoms with van der Waals surface area (Å²) in [6, 6.07) is 26.1. The van der Waals surface area contributed by atoms with Crippen LogP contribution in [0.15, 0.2) is 90.5 Å². The topological polar surface area (TPSA) is 44.8 Å². The molecule has 0 aromatic heterocycles. The minimum atomic E-state index is -3.52. The van der Waals surface area contributed by atoms with E-state index in [1.165, 1.54) is 0 Å². The highest BCUT2D eigenvalue weighted by atomic mass is 31.2. The van der Waals surface area contributed by atoms with Gasteiger partial charge in [-0.05, 0) is 54.3 Å². The summed E-state index contributed by atoms with van der Waals surface area (Å²) in [7, 11) is -1.87. The third kappa shape index (κ3) is 7.34. The molecular formula is C26H29O4P. The molecule has 0 spiro atoms. The van der Waals surface area contributed by atoms with E-state index in [2.05, 4.69) is 19.9 Å². The Bertz CT molecular complexity index is 967. The van der Waals surface area contributed by atoms with Gasteiger partial charge >= 0.3 is 7.60 Å². The molecule has 31 heavy (non-hydrogen) atoms. The number of benzene rings is 3. The highest BCUT2D eigenvalue weighted by Gasteiger charge is 2.30. The predicted octanol–water partition coefficient (Wildman–Crippen LogP) is 7.48. The Kier molecular flexibility index (Phi) is 7.97. The lowest BCUT2D eigenvalue weighted by atomic mass is 10.0. The molecule has 0 aliphatic heterocycles. The van der Waals surface area contributed by atoms with E-state index in [0.717, 1.165) is 23.3 Å². The Morgan fingerprint density at radius 3 is 1.77 bits per heavy atom. The first-order valence-electron chi connectivity index (χ1n) is 10.4. The van der Waals surface area contributed by atoms with E-state index in [1.807, 2.05) is 60.7 Å². The van der Waals surface area contributed by atoms with Crippen LogP contribution in [0.2, 0.25) is 0 Å². The van der Waals surface area contributed by atoms with Crippen LogP contribution in [-0.4, -0.2) is 13.3 Å². The SMILES string of the molecule is COc1ccc(/C=C(\CC(C)C)CP(=O)(Oc2ccccc2)Oc2ccccc2)cc1. The van der Waals surface area contributed by atoms with E-state index >= 15 is 0 Å². The van der Waals surface area contributed by atoms with E-state index in [9.17, 15) is 4.57 Å². The fourth-order valence-corrected chi connectivity index (χ4v) is 5.02. The Labute approximate surface area is 185 Å². The fraction of sp³-hybridized carbons (Fsp3) is 0.231. The van der Waals surface area contributed by atoms with Gasteiger partial charge in [-0.2, -0.15) is 0 Å². The molecule has 3 rings (SSSR count). The average Bonchev–Trinajstić information content (AvgIpc) is 2.75. The summed E-state index contributed by atoms with van der Waals surface area (Å²) in [4.78, 5) is 0. The van der Waals surface area contributed by atoms with Crippen LogP contribution in [-0.2, 0) is 4.57 Å². The van der Waals surface area contributed by atoms with Gasteiger partial charge in [0.25, 0.3) is 0 Å². The number of para-hydroxylation sites is 2. The maximum absolute atomic E-state index is 13.9.